The average Bonchev–Trinajstić information content (AvgIpc) is 2.60. The quantitative estimate of drug-likeness (QED) is 0.480. The van der Waals surface area contributed by atoms with E-state index in [9.17, 15) is 9.59 Å². The summed E-state index contributed by atoms with van der Waals surface area (Å²) in [4.78, 5) is 28.0. The lowest BCUT2D eigenvalue weighted by atomic mass is 10.1. The molecule has 1 aromatic heterocycles. The molecule has 0 saturated heterocycles. The number of carbonyl (C=O) groups excluding carboxylic acids is 2. The maximum Gasteiger partial charge on any atom is 0.225 e. The molecule has 134 valence electrons. The topological polar surface area (TPSA) is 71.1 Å². The van der Waals surface area contributed by atoms with Crippen LogP contribution in [0.2, 0.25) is 0 Å². The van der Waals surface area contributed by atoms with E-state index < -0.39 is 0 Å². The number of amides is 2. The van der Waals surface area contributed by atoms with E-state index in [0.717, 1.165) is 21.8 Å². The van der Waals surface area contributed by atoms with E-state index in [2.05, 4.69) is 15.6 Å². The average molecular weight is 390 g/mol. The molecule has 0 fully saturated rings. The maximum atomic E-state index is 11.7. The fourth-order valence-corrected chi connectivity index (χ4v) is 2.94. The highest BCUT2D eigenvalue weighted by Gasteiger charge is 2.07. The third-order valence-corrected chi connectivity index (χ3v) is 4.20. The van der Waals surface area contributed by atoms with Gasteiger partial charge in [-0.1, -0.05) is 12.1 Å². The van der Waals surface area contributed by atoms with Crippen LogP contribution in [0.25, 0.3) is 21.8 Å². The van der Waals surface area contributed by atoms with E-state index in [-0.39, 0.29) is 36.4 Å². The van der Waals surface area contributed by atoms with Crippen molar-refractivity contribution in [1.82, 2.24) is 4.98 Å². The van der Waals surface area contributed by atoms with Crippen LogP contribution in [0.3, 0.4) is 0 Å². The smallest absolute Gasteiger partial charge is 0.225 e. The standard InChI is InChI=1S/C19H17Cl2N3O2/c20-7-5-18(25)22-14-3-1-12-9-13-2-4-15(23-19(26)6-8-21)11-17(13)24-16(12)10-14/h1-4,9-11H,5-8H2,(H,22,25)(H,23,26). The van der Waals surface area contributed by atoms with Gasteiger partial charge in [-0.15, -0.1) is 23.2 Å². The summed E-state index contributed by atoms with van der Waals surface area (Å²) in [6, 6.07) is 13.2. The molecule has 2 amide bonds. The number of rotatable bonds is 6. The fourth-order valence-electron chi connectivity index (χ4n) is 2.60. The van der Waals surface area contributed by atoms with E-state index in [4.69, 9.17) is 23.2 Å². The molecule has 3 aromatic rings. The van der Waals surface area contributed by atoms with E-state index >= 15 is 0 Å². The van der Waals surface area contributed by atoms with Crippen LogP contribution in [0.15, 0.2) is 42.5 Å². The lowest BCUT2D eigenvalue weighted by molar-refractivity contribution is -0.116. The Bertz CT molecular complexity index is 901. The fraction of sp³-hybridized carbons (Fsp3) is 0.211. The summed E-state index contributed by atoms with van der Waals surface area (Å²) in [5.41, 5.74) is 2.85. The lowest BCUT2D eigenvalue weighted by Gasteiger charge is -2.08. The summed E-state index contributed by atoms with van der Waals surface area (Å²) in [6.45, 7) is 0. The van der Waals surface area contributed by atoms with Crippen LogP contribution < -0.4 is 10.6 Å². The zero-order valence-corrected chi connectivity index (χ0v) is 15.4. The predicted octanol–water partition coefficient (Wildman–Crippen LogP) is 4.52. The zero-order valence-electron chi connectivity index (χ0n) is 13.9. The minimum absolute atomic E-state index is 0.135. The van der Waals surface area contributed by atoms with Gasteiger partial charge in [-0.3, -0.25) is 9.59 Å². The Balaban J connectivity index is 1.92. The van der Waals surface area contributed by atoms with Crippen LogP contribution in [0.5, 0.6) is 0 Å². The third kappa shape index (κ3) is 4.42. The molecule has 0 aliphatic rings. The van der Waals surface area contributed by atoms with Crippen molar-refractivity contribution in [2.75, 3.05) is 22.4 Å². The molecule has 0 aliphatic carbocycles. The van der Waals surface area contributed by atoms with E-state index in [0.29, 0.717) is 11.4 Å². The maximum absolute atomic E-state index is 11.7. The van der Waals surface area contributed by atoms with E-state index in [1.807, 2.05) is 42.5 Å². The molecular formula is C19H17Cl2N3O2. The highest BCUT2D eigenvalue weighted by molar-refractivity contribution is 6.19. The number of nitrogens with zero attached hydrogens (tertiary/aromatic N) is 1. The Morgan fingerprint density at radius 3 is 1.65 bits per heavy atom. The van der Waals surface area contributed by atoms with Crippen molar-refractivity contribution in [3.63, 3.8) is 0 Å². The van der Waals surface area contributed by atoms with Crippen molar-refractivity contribution in [2.24, 2.45) is 0 Å². The summed E-state index contributed by atoms with van der Waals surface area (Å²) in [6.07, 6.45) is 0.520. The number of carbonyl (C=O) groups is 2. The number of benzene rings is 2. The van der Waals surface area contributed by atoms with Gasteiger partial charge >= 0.3 is 0 Å². The van der Waals surface area contributed by atoms with Gasteiger partial charge < -0.3 is 10.6 Å². The summed E-state index contributed by atoms with van der Waals surface area (Å²) in [7, 11) is 0. The first kappa shape index (κ1) is 18.4. The molecule has 0 unspecified atom stereocenters. The molecule has 0 bridgehead atoms. The number of pyridine rings is 1. The number of hydrogen-bond donors (Lipinski definition) is 2. The second kappa shape index (κ2) is 8.34. The molecule has 26 heavy (non-hydrogen) atoms. The Morgan fingerprint density at radius 1 is 0.769 bits per heavy atom. The summed E-state index contributed by atoms with van der Waals surface area (Å²) >= 11 is 11.2. The summed E-state index contributed by atoms with van der Waals surface area (Å²) in [5.74, 6) is 0.287. The number of halogens is 2. The van der Waals surface area contributed by atoms with Crippen molar-refractivity contribution in [3.05, 3.63) is 42.5 Å². The Kier molecular flexibility index (Phi) is 5.91. The highest BCUT2D eigenvalue weighted by atomic mass is 35.5. The van der Waals surface area contributed by atoms with Crippen LogP contribution in [0.1, 0.15) is 12.8 Å². The zero-order chi connectivity index (χ0) is 18.5. The van der Waals surface area contributed by atoms with Gasteiger partial charge in [-0.25, -0.2) is 4.98 Å². The van der Waals surface area contributed by atoms with Gasteiger partial charge in [-0.05, 0) is 30.3 Å². The molecule has 7 heteroatoms. The lowest BCUT2D eigenvalue weighted by Crippen LogP contribution is -2.11. The predicted molar refractivity (Wildman–Crippen MR) is 107 cm³/mol. The molecule has 0 radical (unpaired) electrons. The molecule has 2 aromatic carbocycles. The number of anilines is 2. The molecule has 1 heterocycles. The van der Waals surface area contributed by atoms with Gasteiger partial charge in [0.05, 0.1) is 11.0 Å². The molecule has 0 spiro atoms. The van der Waals surface area contributed by atoms with Crippen molar-refractivity contribution in [2.45, 2.75) is 12.8 Å². The summed E-state index contributed by atoms with van der Waals surface area (Å²) in [5, 5.41) is 7.53. The minimum atomic E-state index is -0.135. The van der Waals surface area contributed by atoms with Crippen LogP contribution in [0, 0.1) is 0 Å². The molecule has 0 aliphatic heterocycles. The van der Waals surface area contributed by atoms with Crippen molar-refractivity contribution in [3.8, 4) is 0 Å². The van der Waals surface area contributed by atoms with Gasteiger partial charge in [0.15, 0.2) is 0 Å². The molecule has 2 N–H and O–H groups in total. The van der Waals surface area contributed by atoms with E-state index in [1.54, 1.807) is 0 Å². The number of fused-ring (bicyclic) bond motifs is 2. The minimum Gasteiger partial charge on any atom is -0.326 e. The first-order chi connectivity index (χ1) is 12.6. The summed E-state index contributed by atoms with van der Waals surface area (Å²) < 4.78 is 0. The number of alkyl halides is 2. The van der Waals surface area contributed by atoms with Gasteiger partial charge in [-0.2, -0.15) is 0 Å². The molecule has 3 rings (SSSR count). The van der Waals surface area contributed by atoms with Crippen molar-refractivity contribution in [1.29, 1.82) is 0 Å². The van der Waals surface area contributed by atoms with Gasteiger partial charge in [0.2, 0.25) is 11.8 Å². The monoisotopic (exact) mass is 389 g/mol. The van der Waals surface area contributed by atoms with E-state index in [1.165, 1.54) is 0 Å². The number of nitrogens with one attached hydrogen (secondary N) is 2. The van der Waals surface area contributed by atoms with Crippen molar-refractivity contribution >= 4 is 68.2 Å². The van der Waals surface area contributed by atoms with Crippen LogP contribution in [-0.4, -0.2) is 28.6 Å². The highest BCUT2D eigenvalue weighted by Crippen LogP contribution is 2.25. The SMILES string of the molecule is O=C(CCCl)Nc1ccc2cc3ccc(NC(=O)CCCl)cc3nc2c1. The normalized spacial score (nSPS) is 10.8. The molecule has 0 atom stereocenters. The Hall–Kier alpha value is -2.37. The Morgan fingerprint density at radius 2 is 1.23 bits per heavy atom. The van der Waals surface area contributed by atoms with Crippen molar-refractivity contribution < 1.29 is 9.59 Å². The molecular weight excluding hydrogens is 373 g/mol. The number of aromatic nitrogens is 1. The Labute approximate surface area is 160 Å². The first-order valence-electron chi connectivity index (χ1n) is 8.15. The van der Waals surface area contributed by atoms with Gasteiger partial charge in [0.1, 0.15) is 0 Å². The second-order valence-corrected chi connectivity index (χ2v) is 6.53. The second-order valence-electron chi connectivity index (χ2n) is 5.78. The van der Waals surface area contributed by atoms with Gasteiger partial charge in [0, 0.05) is 46.7 Å². The largest absolute Gasteiger partial charge is 0.326 e. The number of hydrogen-bond acceptors (Lipinski definition) is 3. The molecule has 0 saturated carbocycles. The van der Waals surface area contributed by atoms with Crippen LogP contribution in [0.4, 0.5) is 11.4 Å². The van der Waals surface area contributed by atoms with Crippen LogP contribution >= 0.6 is 23.2 Å². The first-order valence-corrected chi connectivity index (χ1v) is 9.22. The van der Waals surface area contributed by atoms with Gasteiger partial charge in [0.25, 0.3) is 0 Å². The third-order valence-electron chi connectivity index (χ3n) is 3.82. The molecule has 5 nitrogen and oxygen atoms in total. The van der Waals surface area contributed by atoms with Crippen LogP contribution in [-0.2, 0) is 9.59 Å².